The number of aromatic nitrogens is 4. The highest BCUT2D eigenvalue weighted by atomic mass is 19.4. The highest BCUT2D eigenvalue weighted by Gasteiger charge is 2.37. The summed E-state index contributed by atoms with van der Waals surface area (Å²) in [5.41, 5.74) is 2.36. The molecular weight excluding hydrogens is 449 g/mol. The molecule has 1 aliphatic heterocycles. The number of nitrogens with one attached hydrogen (secondary N) is 1. The highest BCUT2D eigenvalue weighted by molar-refractivity contribution is 5.93. The summed E-state index contributed by atoms with van der Waals surface area (Å²) in [7, 11) is 0. The quantitative estimate of drug-likeness (QED) is 0.610. The number of likely N-dealkylation sites (tertiary alicyclic amines) is 1. The van der Waals surface area contributed by atoms with Crippen LogP contribution in [0.1, 0.15) is 42.0 Å². The van der Waals surface area contributed by atoms with Gasteiger partial charge in [0, 0.05) is 36.6 Å². The van der Waals surface area contributed by atoms with Crippen LogP contribution in [0.25, 0.3) is 5.78 Å². The number of hydrogen-bond donors (Lipinski definition) is 1. The third kappa shape index (κ3) is 5.02. The van der Waals surface area contributed by atoms with Crippen molar-refractivity contribution >= 4 is 23.3 Å². The second-order valence-corrected chi connectivity index (χ2v) is 8.44. The summed E-state index contributed by atoms with van der Waals surface area (Å²) in [4.78, 5) is 34.9. The Morgan fingerprint density at radius 2 is 1.88 bits per heavy atom. The van der Waals surface area contributed by atoms with E-state index >= 15 is 0 Å². The Bertz CT molecular complexity index is 1210. The molecule has 1 aliphatic rings. The van der Waals surface area contributed by atoms with Gasteiger partial charge in [-0.25, -0.2) is 9.50 Å². The van der Waals surface area contributed by atoms with Crippen LogP contribution in [0.4, 0.5) is 18.9 Å². The van der Waals surface area contributed by atoms with Gasteiger partial charge in [-0.1, -0.05) is 18.2 Å². The standard InChI is InChI=1S/C23H25F3N6O2/c1-14-18(15(2)32-22(27-14)29-21(30-32)23(24,25)26)10-11-19(33)31-12-6-7-16(13-31)20(34)28-17-8-4-3-5-9-17/h3-5,8-9,16H,6-7,10-13H2,1-2H3,(H,28,34)/t16-/m0/s1. The summed E-state index contributed by atoms with van der Waals surface area (Å²) >= 11 is 0. The molecule has 1 saturated heterocycles. The predicted molar refractivity (Wildman–Crippen MR) is 118 cm³/mol. The Hall–Kier alpha value is -3.50. The number of anilines is 1. The van der Waals surface area contributed by atoms with E-state index in [0.717, 1.165) is 10.9 Å². The van der Waals surface area contributed by atoms with Crippen molar-refractivity contribution < 1.29 is 22.8 Å². The van der Waals surface area contributed by atoms with Crippen LogP contribution in [-0.2, 0) is 22.2 Å². The van der Waals surface area contributed by atoms with Crippen molar-refractivity contribution in [3.8, 4) is 0 Å². The van der Waals surface area contributed by atoms with Crippen LogP contribution in [0.2, 0.25) is 0 Å². The van der Waals surface area contributed by atoms with Crippen molar-refractivity contribution in [2.75, 3.05) is 18.4 Å². The first-order valence-corrected chi connectivity index (χ1v) is 11.1. The number of rotatable bonds is 5. The maximum absolute atomic E-state index is 13.0. The fourth-order valence-corrected chi connectivity index (χ4v) is 4.26. The molecule has 180 valence electrons. The first kappa shape index (κ1) is 23.7. The van der Waals surface area contributed by atoms with Crippen molar-refractivity contribution in [2.24, 2.45) is 5.92 Å². The fraction of sp³-hybridized carbons (Fsp3) is 0.435. The number of piperidine rings is 1. The zero-order valence-corrected chi connectivity index (χ0v) is 18.9. The molecule has 1 atom stereocenters. The van der Waals surface area contributed by atoms with Gasteiger partial charge in [0.25, 0.3) is 11.6 Å². The van der Waals surface area contributed by atoms with Crippen molar-refractivity contribution in [3.63, 3.8) is 0 Å². The van der Waals surface area contributed by atoms with Crippen molar-refractivity contribution in [2.45, 2.75) is 45.7 Å². The Kier molecular flexibility index (Phi) is 6.54. The number of benzene rings is 1. The van der Waals surface area contributed by atoms with Crippen LogP contribution in [0.3, 0.4) is 0 Å². The molecule has 1 aromatic carbocycles. The number of aryl methyl sites for hydroxylation is 2. The largest absolute Gasteiger partial charge is 0.453 e. The van der Waals surface area contributed by atoms with Gasteiger partial charge in [0.15, 0.2) is 0 Å². The van der Waals surface area contributed by atoms with Crippen LogP contribution in [0.15, 0.2) is 30.3 Å². The van der Waals surface area contributed by atoms with Gasteiger partial charge >= 0.3 is 6.18 Å². The van der Waals surface area contributed by atoms with E-state index in [2.05, 4.69) is 20.4 Å². The van der Waals surface area contributed by atoms with Gasteiger partial charge in [-0.05, 0) is 50.8 Å². The Morgan fingerprint density at radius 3 is 2.59 bits per heavy atom. The molecule has 2 amide bonds. The van der Waals surface area contributed by atoms with Crippen LogP contribution in [0.5, 0.6) is 0 Å². The van der Waals surface area contributed by atoms with Gasteiger partial charge in [-0.15, -0.1) is 5.10 Å². The summed E-state index contributed by atoms with van der Waals surface area (Å²) in [6.07, 6.45) is -2.78. The third-order valence-electron chi connectivity index (χ3n) is 6.08. The van der Waals surface area contributed by atoms with E-state index in [4.69, 9.17) is 0 Å². The molecule has 0 radical (unpaired) electrons. The number of carbonyl (C=O) groups is 2. The second kappa shape index (κ2) is 9.40. The van der Waals surface area contributed by atoms with Gasteiger partial charge in [0.2, 0.25) is 11.8 Å². The minimum Gasteiger partial charge on any atom is -0.342 e. The third-order valence-corrected chi connectivity index (χ3v) is 6.08. The molecule has 8 nitrogen and oxygen atoms in total. The van der Waals surface area contributed by atoms with E-state index in [0.29, 0.717) is 48.6 Å². The van der Waals surface area contributed by atoms with Crippen LogP contribution in [-0.4, -0.2) is 49.4 Å². The van der Waals surface area contributed by atoms with Gasteiger partial charge in [-0.2, -0.15) is 18.2 Å². The monoisotopic (exact) mass is 474 g/mol. The summed E-state index contributed by atoms with van der Waals surface area (Å²) < 4.78 is 40.0. The molecule has 0 saturated carbocycles. The predicted octanol–water partition coefficient (Wildman–Crippen LogP) is 3.57. The summed E-state index contributed by atoms with van der Waals surface area (Å²) in [5.74, 6) is -1.89. The van der Waals surface area contributed by atoms with Crippen LogP contribution < -0.4 is 5.32 Å². The number of fused-ring (bicyclic) bond motifs is 1. The van der Waals surface area contributed by atoms with Crippen molar-refractivity contribution in [1.29, 1.82) is 0 Å². The average Bonchev–Trinajstić information content (AvgIpc) is 3.24. The smallest absolute Gasteiger partial charge is 0.342 e. The molecule has 1 N–H and O–H groups in total. The van der Waals surface area contributed by atoms with Gasteiger partial charge in [0.05, 0.1) is 5.92 Å². The summed E-state index contributed by atoms with van der Waals surface area (Å²) in [6, 6.07) is 9.17. The molecule has 3 aromatic rings. The minimum absolute atomic E-state index is 0.106. The molecule has 0 spiro atoms. The first-order chi connectivity index (χ1) is 16.1. The van der Waals surface area contributed by atoms with Gasteiger partial charge in [-0.3, -0.25) is 9.59 Å². The molecule has 34 heavy (non-hydrogen) atoms. The normalized spacial score (nSPS) is 16.6. The lowest BCUT2D eigenvalue weighted by Gasteiger charge is -2.32. The maximum Gasteiger partial charge on any atom is 0.453 e. The summed E-state index contributed by atoms with van der Waals surface area (Å²) in [5, 5.41) is 6.44. The molecule has 1 fully saturated rings. The van der Waals surface area contributed by atoms with E-state index in [-0.39, 0.29) is 29.9 Å². The zero-order chi connectivity index (χ0) is 24.5. The number of hydrogen-bond acceptors (Lipinski definition) is 5. The first-order valence-electron chi connectivity index (χ1n) is 11.1. The summed E-state index contributed by atoms with van der Waals surface area (Å²) in [6.45, 7) is 4.23. The van der Waals surface area contributed by atoms with E-state index in [1.54, 1.807) is 18.7 Å². The lowest BCUT2D eigenvalue weighted by molar-refractivity contribution is -0.144. The number of halogens is 3. The molecule has 2 aromatic heterocycles. The number of alkyl halides is 3. The molecule has 0 bridgehead atoms. The molecule has 0 aliphatic carbocycles. The number of nitrogens with zero attached hydrogens (tertiary/aromatic N) is 5. The average molecular weight is 474 g/mol. The molecule has 11 heteroatoms. The lowest BCUT2D eigenvalue weighted by atomic mass is 9.96. The minimum atomic E-state index is -4.66. The Labute approximate surface area is 194 Å². The zero-order valence-electron chi connectivity index (χ0n) is 18.9. The van der Waals surface area contributed by atoms with Crippen LogP contribution in [0, 0.1) is 19.8 Å². The van der Waals surface area contributed by atoms with E-state index in [1.807, 2.05) is 30.3 Å². The highest BCUT2D eigenvalue weighted by Crippen LogP contribution is 2.27. The number of para-hydroxylation sites is 1. The van der Waals surface area contributed by atoms with E-state index in [9.17, 15) is 22.8 Å². The van der Waals surface area contributed by atoms with Gasteiger partial charge < -0.3 is 10.2 Å². The molecule has 4 rings (SSSR count). The van der Waals surface area contributed by atoms with E-state index < -0.39 is 12.0 Å². The molecular formula is C23H25F3N6O2. The van der Waals surface area contributed by atoms with E-state index in [1.165, 1.54) is 0 Å². The van der Waals surface area contributed by atoms with Gasteiger partial charge in [0.1, 0.15) is 0 Å². The maximum atomic E-state index is 13.0. The second-order valence-electron chi connectivity index (χ2n) is 8.44. The Morgan fingerprint density at radius 1 is 1.15 bits per heavy atom. The molecule has 3 heterocycles. The molecule has 0 unspecified atom stereocenters. The van der Waals surface area contributed by atoms with Crippen molar-refractivity contribution in [1.82, 2.24) is 24.5 Å². The Balaban J connectivity index is 1.41. The number of amides is 2. The topological polar surface area (TPSA) is 92.5 Å². The van der Waals surface area contributed by atoms with Crippen molar-refractivity contribution in [3.05, 3.63) is 53.1 Å². The lowest BCUT2D eigenvalue weighted by Crippen LogP contribution is -2.43. The number of carbonyl (C=O) groups excluding carboxylic acids is 2. The fourth-order valence-electron chi connectivity index (χ4n) is 4.26. The van der Waals surface area contributed by atoms with Crippen LogP contribution >= 0.6 is 0 Å². The SMILES string of the molecule is Cc1nc2nc(C(F)(F)F)nn2c(C)c1CCC(=O)N1CCC[C@H](C(=O)Nc2ccccc2)C1.